The molecule has 1 rings (SSSR count). The number of nitrogens with zero attached hydrogens (tertiary/aromatic N) is 1. The molecule has 2 atom stereocenters. The van der Waals surface area contributed by atoms with E-state index in [0.717, 1.165) is 17.1 Å². The van der Waals surface area contributed by atoms with Crippen LogP contribution >= 0.6 is 11.3 Å². The number of urea groups is 1. The highest BCUT2D eigenvalue weighted by Crippen LogP contribution is 2.09. The normalized spacial score (nSPS) is 12.8. The minimum atomic E-state index is -1.07. The summed E-state index contributed by atoms with van der Waals surface area (Å²) in [5.74, 6) is 1.71. The third kappa shape index (κ3) is 5.71. The maximum absolute atomic E-state index is 11.8. The maximum atomic E-state index is 11.8. The van der Waals surface area contributed by atoms with Crippen molar-refractivity contribution in [2.24, 2.45) is 0 Å². The van der Waals surface area contributed by atoms with E-state index in [1.807, 2.05) is 12.3 Å². The average molecular weight is 324 g/mol. The van der Waals surface area contributed by atoms with Gasteiger partial charge in [-0.25, -0.2) is 9.78 Å². The van der Waals surface area contributed by atoms with Gasteiger partial charge in [-0.05, 0) is 13.3 Å². The monoisotopic (exact) mass is 324 g/mol. The predicted octanol–water partition coefficient (Wildman–Crippen LogP) is 0.00350. The molecule has 0 radical (unpaired) electrons. The van der Waals surface area contributed by atoms with Gasteiger partial charge in [0.25, 0.3) is 0 Å². The molecule has 22 heavy (non-hydrogen) atoms. The van der Waals surface area contributed by atoms with Gasteiger partial charge in [0.1, 0.15) is 6.04 Å². The molecule has 0 saturated heterocycles. The zero-order valence-corrected chi connectivity index (χ0v) is 13.4. The molecule has 1 aromatic rings. The van der Waals surface area contributed by atoms with Gasteiger partial charge in [-0.15, -0.1) is 17.8 Å². The van der Waals surface area contributed by atoms with E-state index in [-0.39, 0.29) is 13.1 Å². The Kier molecular flexibility index (Phi) is 7.36. The van der Waals surface area contributed by atoms with Crippen LogP contribution in [0.25, 0.3) is 0 Å². The number of amides is 3. The summed E-state index contributed by atoms with van der Waals surface area (Å²) in [7, 11) is 0. The summed E-state index contributed by atoms with van der Waals surface area (Å²) < 4.78 is 0. The molecule has 4 N–H and O–H groups in total. The lowest BCUT2D eigenvalue weighted by atomic mass is 10.1. The first-order valence-electron chi connectivity index (χ1n) is 6.84. The van der Waals surface area contributed by atoms with Gasteiger partial charge in [0, 0.05) is 5.38 Å². The smallest absolute Gasteiger partial charge is 0.315 e. The number of aliphatic hydroxyl groups is 1. The fourth-order valence-corrected chi connectivity index (χ4v) is 2.35. The number of aromatic nitrogens is 1. The summed E-state index contributed by atoms with van der Waals surface area (Å²) >= 11 is 1.53. The lowest BCUT2D eigenvalue weighted by molar-refractivity contribution is -0.124. The summed E-state index contributed by atoms with van der Waals surface area (Å²) in [6, 6.07) is -1.64. The minimum absolute atomic E-state index is 0.0317. The second-order valence-corrected chi connectivity index (χ2v) is 5.50. The van der Waals surface area contributed by atoms with Crippen LogP contribution in [0, 0.1) is 12.3 Å². The fraction of sp³-hybridized carbons (Fsp3) is 0.500. The number of terminal acetylenes is 1. The second-order valence-electron chi connectivity index (χ2n) is 4.55. The SMILES string of the molecule is C#CCNC(=O)[C@@H](NC(=O)NCc1csc(CC)n1)[C@@H](C)O. The van der Waals surface area contributed by atoms with Crippen LogP contribution in [0.5, 0.6) is 0 Å². The van der Waals surface area contributed by atoms with Gasteiger partial charge in [0.05, 0.1) is 29.9 Å². The van der Waals surface area contributed by atoms with Crippen molar-refractivity contribution in [1.82, 2.24) is 20.9 Å². The van der Waals surface area contributed by atoms with Crippen LogP contribution in [-0.2, 0) is 17.8 Å². The van der Waals surface area contributed by atoms with Gasteiger partial charge in [0.15, 0.2) is 0 Å². The molecule has 0 aromatic carbocycles. The van der Waals surface area contributed by atoms with E-state index >= 15 is 0 Å². The van der Waals surface area contributed by atoms with Gasteiger partial charge in [-0.3, -0.25) is 4.79 Å². The molecule has 8 heteroatoms. The van der Waals surface area contributed by atoms with Crippen LogP contribution in [-0.4, -0.2) is 40.7 Å². The lowest BCUT2D eigenvalue weighted by Crippen LogP contribution is -2.54. The molecule has 0 aliphatic carbocycles. The first-order valence-corrected chi connectivity index (χ1v) is 7.72. The zero-order valence-electron chi connectivity index (χ0n) is 12.5. The number of aryl methyl sites for hydroxylation is 1. The van der Waals surface area contributed by atoms with Crippen LogP contribution in [0.15, 0.2) is 5.38 Å². The van der Waals surface area contributed by atoms with Crippen LogP contribution in [0.1, 0.15) is 24.5 Å². The number of carbonyl (C=O) groups is 2. The Bertz CT molecular complexity index is 551. The summed E-state index contributed by atoms with van der Waals surface area (Å²) in [5, 5.41) is 19.9. The lowest BCUT2D eigenvalue weighted by Gasteiger charge is -2.20. The van der Waals surface area contributed by atoms with E-state index in [0.29, 0.717) is 0 Å². The molecule has 0 spiro atoms. The van der Waals surface area contributed by atoms with E-state index in [1.165, 1.54) is 18.3 Å². The first-order chi connectivity index (χ1) is 10.5. The minimum Gasteiger partial charge on any atom is -0.391 e. The molecule has 0 bridgehead atoms. The molecular weight excluding hydrogens is 304 g/mol. The van der Waals surface area contributed by atoms with Crippen LogP contribution in [0.4, 0.5) is 4.79 Å². The summed E-state index contributed by atoms with van der Waals surface area (Å²) in [6.07, 6.45) is 4.84. The van der Waals surface area contributed by atoms with Gasteiger partial charge in [-0.2, -0.15) is 0 Å². The predicted molar refractivity (Wildman–Crippen MR) is 84.2 cm³/mol. The number of hydrogen-bond acceptors (Lipinski definition) is 5. The van der Waals surface area contributed by atoms with Crippen molar-refractivity contribution < 1.29 is 14.7 Å². The average Bonchev–Trinajstić information content (AvgIpc) is 2.96. The zero-order chi connectivity index (χ0) is 16.5. The van der Waals surface area contributed by atoms with E-state index < -0.39 is 24.1 Å². The Morgan fingerprint density at radius 3 is 2.77 bits per heavy atom. The summed E-state index contributed by atoms with van der Waals surface area (Å²) in [4.78, 5) is 27.9. The van der Waals surface area contributed by atoms with Crippen molar-refractivity contribution in [2.75, 3.05) is 6.54 Å². The highest BCUT2D eigenvalue weighted by Gasteiger charge is 2.25. The van der Waals surface area contributed by atoms with E-state index in [4.69, 9.17) is 6.42 Å². The Morgan fingerprint density at radius 2 is 2.23 bits per heavy atom. The Hall–Kier alpha value is -2.11. The first kappa shape index (κ1) is 17.9. The highest BCUT2D eigenvalue weighted by atomic mass is 32.1. The third-order valence-corrected chi connectivity index (χ3v) is 3.79. The second kappa shape index (κ2) is 9.02. The van der Waals surface area contributed by atoms with Crippen molar-refractivity contribution in [3.8, 4) is 12.3 Å². The van der Waals surface area contributed by atoms with Crippen LogP contribution in [0.3, 0.4) is 0 Å². The van der Waals surface area contributed by atoms with E-state index in [2.05, 4.69) is 26.9 Å². The van der Waals surface area contributed by atoms with Crippen molar-refractivity contribution in [3.63, 3.8) is 0 Å². The van der Waals surface area contributed by atoms with E-state index in [1.54, 1.807) is 0 Å². The molecule has 1 heterocycles. The van der Waals surface area contributed by atoms with Crippen molar-refractivity contribution >= 4 is 23.3 Å². The van der Waals surface area contributed by atoms with Crippen LogP contribution < -0.4 is 16.0 Å². The van der Waals surface area contributed by atoms with Gasteiger partial charge in [-0.1, -0.05) is 12.8 Å². The standard InChI is InChI=1S/C14H20N4O3S/c1-4-6-15-13(20)12(9(3)19)18-14(21)16-7-10-8-22-11(5-2)17-10/h1,8-9,12,19H,5-7H2,2-3H3,(H,15,20)(H2,16,18,21)/t9-,12+/m1/s1. The topological polar surface area (TPSA) is 103 Å². The molecule has 0 unspecified atom stereocenters. The van der Waals surface area contributed by atoms with Gasteiger partial charge in [0.2, 0.25) is 5.91 Å². The number of aliphatic hydroxyl groups excluding tert-OH is 1. The summed E-state index contributed by atoms with van der Waals surface area (Å²) in [5.41, 5.74) is 0.752. The molecule has 120 valence electrons. The molecule has 0 aliphatic heterocycles. The van der Waals surface area contributed by atoms with Crippen molar-refractivity contribution in [2.45, 2.75) is 39.0 Å². The molecule has 7 nitrogen and oxygen atoms in total. The Morgan fingerprint density at radius 1 is 1.50 bits per heavy atom. The third-order valence-electron chi connectivity index (χ3n) is 2.75. The highest BCUT2D eigenvalue weighted by molar-refractivity contribution is 7.09. The Labute approximate surface area is 133 Å². The maximum Gasteiger partial charge on any atom is 0.315 e. The molecule has 0 aliphatic rings. The molecule has 3 amide bonds. The number of nitrogens with one attached hydrogen (secondary N) is 3. The van der Waals surface area contributed by atoms with Gasteiger partial charge >= 0.3 is 6.03 Å². The molecular formula is C14H20N4O3S. The fourth-order valence-electron chi connectivity index (χ4n) is 1.61. The number of carbonyl (C=O) groups excluding carboxylic acids is 2. The number of thiazole rings is 1. The number of rotatable bonds is 7. The Balaban J connectivity index is 2.49. The van der Waals surface area contributed by atoms with Gasteiger partial charge < -0.3 is 21.1 Å². The molecule has 0 fully saturated rings. The molecule has 1 aromatic heterocycles. The van der Waals surface area contributed by atoms with Crippen molar-refractivity contribution in [1.29, 1.82) is 0 Å². The largest absolute Gasteiger partial charge is 0.391 e. The summed E-state index contributed by atoms with van der Waals surface area (Å²) in [6.45, 7) is 3.70. The molecule has 0 saturated carbocycles. The van der Waals surface area contributed by atoms with Crippen LogP contribution in [0.2, 0.25) is 0 Å². The van der Waals surface area contributed by atoms with E-state index in [9.17, 15) is 14.7 Å². The number of hydrogen-bond donors (Lipinski definition) is 4. The quantitative estimate of drug-likeness (QED) is 0.530. The van der Waals surface area contributed by atoms with Crippen molar-refractivity contribution in [3.05, 3.63) is 16.1 Å².